The van der Waals surface area contributed by atoms with Crippen LogP contribution in [0.25, 0.3) is 0 Å². The van der Waals surface area contributed by atoms with Crippen LogP contribution in [0, 0.1) is 23.5 Å². The quantitative estimate of drug-likeness (QED) is 0.604. The minimum atomic E-state index is -0.772. The van der Waals surface area contributed by atoms with Crippen LogP contribution in [0.15, 0.2) is 53.4 Å². The molecule has 1 amide bonds. The van der Waals surface area contributed by atoms with Crippen molar-refractivity contribution in [2.45, 2.75) is 11.3 Å². The summed E-state index contributed by atoms with van der Waals surface area (Å²) in [6, 6.07) is 12.9. The summed E-state index contributed by atoms with van der Waals surface area (Å²) in [7, 11) is 0. The zero-order chi connectivity index (χ0) is 17.9. The van der Waals surface area contributed by atoms with Gasteiger partial charge in [0.05, 0.1) is 6.54 Å². The molecule has 6 heteroatoms. The third-order valence-electron chi connectivity index (χ3n) is 3.03. The molecule has 0 spiro atoms. The van der Waals surface area contributed by atoms with Gasteiger partial charge in [-0.05, 0) is 24.3 Å². The van der Waals surface area contributed by atoms with Crippen molar-refractivity contribution in [3.05, 3.63) is 60.2 Å². The number of halogens is 2. The third kappa shape index (κ3) is 7.27. The van der Waals surface area contributed by atoms with Crippen molar-refractivity contribution in [1.29, 1.82) is 0 Å². The Morgan fingerprint density at radius 3 is 2.68 bits per heavy atom. The highest BCUT2D eigenvalue weighted by Crippen LogP contribution is 2.18. The van der Waals surface area contributed by atoms with Gasteiger partial charge in [0, 0.05) is 23.1 Å². The van der Waals surface area contributed by atoms with E-state index >= 15 is 0 Å². The van der Waals surface area contributed by atoms with Crippen LogP contribution in [0.5, 0.6) is 5.75 Å². The second-order valence-electron chi connectivity index (χ2n) is 4.91. The fourth-order valence-corrected chi connectivity index (χ4v) is 2.70. The molecule has 25 heavy (non-hydrogen) atoms. The Hall–Kier alpha value is -2.52. The second-order valence-corrected chi connectivity index (χ2v) is 6.07. The lowest BCUT2D eigenvalue weighted by Gasteiger charge is -2.03. The normalized spacial score (nSPS) is 9.84. The molecule has 0 unspecified atom stereocenters. The minimum absolute atomic E-state index is 0.0394. The van der Waals surface area contributed by atoms with E-state index < -0.39 is 11.6 Å². The highest BCUT2D eigenvalue weighted by Gasteiger charge is 2.03. The smallest absolute Gasteiger partial charge is 0.221 e. The Balaban J connectivity index is 1.59. The molecule has 2 aromatic rings. The molecule has 2 rings (SSSR count). The van der Waals surface area contributed by atoms with Crippen LogP contribution in [-0.2, 0) is 4.79 Å². The zero-order valence-electron chi connectivity index (χ0n) is 13.4. The summed E-state index contributed by atoms with van der Waals surface area (Å²) in [5.74, 6) is 4.49. The standard InChI is InChI=1S/C19H17F2NO2S/c20-15-8-9-18(17(21)14-15)24-12-5-4-11-22-19(23)10-13-25-16-6-2-1-3-7-16/h1-3,6-9,14H,10-13H2,(H,22,23). The SMILES string of the molecule is O=C(CCSc1ccccc1)NCC#CCOc1ccc(F)cc1F. The van der Waals surface area contributed by atoms with Crippen molar-refractivity contribution >= 4 is 17.7 Å². The molecule has 0 atom stereocenters. The lowest BCUT2D eigenvalue weighted by molar-refractivity contribution is -0.120. The Labute approximate surface area is 149 Å². The van der Waals surface area contributed by atoms with Crippen molar-refractivity contribution in [1.82, 2.24) is 5.32 Å². The van der Waals surface area contributed by atoms with Gasteiger partial charge in [-0.1, -0.05) is 30.0 Å². The predicted molar refractivity (Wildman–Crippen MR) is 94.4 cm³/mol. The molecule has 0 bridgehead atoms. The number of nitrogens with one attached hydrogen (secondary N) is 1. The monoisotopic (exact) mass is 361 g/mol. The number of amides is 1. The lowest BCUT2D eigenvalue weighted by Crippen LogP contribution is -2.23. The Morgan fingerprint density at radius 1 is 1.12 bits per heavy atom. The van der Waals surface area contributed by atoms with E-state index in [4.69, 9.17) is 4.74 Å². The zero-order valence-corrected chi connectivity index (χ0v) is 14.2. The molecule has 0 saturated carbocycles. The average molecular weight is 361 g/mol. The van der Waals surface area contributed by atoms with E-state index in [0.717, 1.165) is 17.0 Å². The summed E-state index contributed by atoms with van der Waals surface area (Å²) in [5, 5.41) is 2.68. The first-order chi connectivity index (χ1) is 12.1. The molecule has 0 heterocycles. The molecule has 0 fully saturated rings. The van der Waals surface area contributed by atoms with Crippen LogP contribution in [0.1, 0.15) is 6.42 Å². The van der Waals surface area contributed by atoms with E-state index in [2.05, 4.69) is 17.2 Å². The van der Waals surface area contributed by atoms with Crippen LogP contribution in [0.2, 0.25) is 0 Å². The first-order valence-electron chi connectivity index (χ1n) is 7.63. The molecule has 1 N–H and O–H groups in total. The number of ether oxygens (including phenoxy) is 1. The fraction of sp³-hybridized carbons (Fsp3) is 0.211. The van der Waals surface area contributed by atoms with Crippen LogP contribution < -0.4 is 10.1 Å². The van der Waals surface area contributed by atoms with Crippen molar-refractivity contribution in [3.8, 4) is 17.6 Å². The van der Waals surface area contributed by atoms with Gasteiger partial charge in [0.15, 0.2) is 11.6 Å². The lowest BCUT2D eigenvalue weighted by atomic mass is 10.3. The van der Waals surface area contributed by atoms with E-state index in [1.165, 1.54) is 6.07 Å². The van der Waals surface area contributed by atoms with Crippen molar-refractivity contribution < 1.29 is 18.3 Å². The van der Waals surface area contributed by atoms with Crippen LogP contribution in [0.3, 0.4) is 0 Å². The van der Waals surface area contributed by atoms with Gasteiger partial charge in [0.25, 0.3) is 0 Å². The fourth-order valence-electron chi connectivity index (χ4n) is 1.83. The van der Waals surface area contributed by atoms with Gasteiger partial charge < -0.3 is 10.1 Å². The first kappa shape index (κ1) is 18.8. The molecule has 130 valence electrons. The maximum absolute atomic E-state index is 13.3. The largest absolute Gasteiger partial charge is 0.478 e. The van der Waals surface area contributed by atoms with Crippen molar-refractivity contribution in [2.24, 2.45) is 0 Å². The summed E-state index contributed by atoms with van der Waals surface area (Å²) in [4.78, 5) is 12.8. The number of thioether (sulfide) groups is 1. The minimum Gasteiger partial charge on any atom is -0.478 e. The number of benzene rings is 2. The highest BCUT2D eigenvalue weighted by atomic mass is 32.2. The second kappa shape index (κ2) is 10.4. The molecular formula is C19H17F2NO2S. The van der Waals surface area contributed by atoms with Crippen LogP contribution in [0.4, 0.5) is 8.78 Å². The van der Waals surface area contributed by atoms with Gasteiger partial charge in [-0.2, -0.15) is 0 Å². The molecule has 0 radical (unpaired) electrons. The molecule has 0 aromatic heterocycles. The number of carbonyl (C=O) groups excluding carboxylic acids is 1. The Kier molecular flexibility index (Phi) is 7.80. The van der Waals surface area contributed by atoms with Crippen LogP contribution >= 0.6 is 11.8 Å². The Bertz CT molecular complexity index is 757. The number of carbonyl (C=O) groups is 1. The highest BCUT2D eigenvalue weighted by molar-refractivity contribution is 7.99. The number of rotatable bonds is 7. The molecule has 2 aromatic carbocycles. The van der Waals surface area contributed by atoms with Gasteiger partial charge in [-0.25, -0.2) is 8.78 Å². The molecule has 0 aliphatic carbocycles. The van der Waals surface area contributed by atoms with Gasteiger partial charge in [0.1, 0.15) is 12.4 Å². The van der Waals surface area contributed by atoms with Gasteiger partial charge in [0.2, 0.25) is 5.91 Å². The van der Waals surface area contributed by atoms with Gasteiger partial charge in [-0.15, -0.1) is 11.8 Å². The summed E-state index contributed by atoms with van der Waals surface area (Å²) in [6.45, 7) is 0.159. The van der Waals surface area contributed by atoms with Crippen molar-refractivity contribution in [3.63, 3.8) is 0 Å². The van der Waals surface area contributed by atoms with E-state index in [1.807, 2.05) is 30.3 Å². The summed E-state index contributed by atoms with van der Waals surface area (Å²) in [5.41, 5.74) is 0. The van der Waals surface area contributed by atoms with Crippen molar-refractivity contribution in [2.75, 3.05) is 18.9 Å². The Morgan fingerprint density at radius 2 is 1.92 bits per heavy atom. The molecule has 0 saturated heterocycles. The number of hydrogen-bond donors (Lipinski definition) is 1. The summed E-state index contributed by atoms with van der Waals surface area (Å²) in [6.07, 6.45) is 0.401. The summed E-state index contributed by atoms with van der Waals surface area (Å²) < 4.78 is 31.1. The van der Waals surface area contributed by atoms with E-state index in [1.54, 1.807) is 11.8 Å². The van der Waals surface area contributed by atoms with Crippen LogP contribution in [-0.4, -0.2) is 24.8 Å². The summed E-state index contributed by atoms with van der Waals surface area (Å²) >= 11 is 1.62. The third-order valence-corrected chi connectivity index (χ3v) is 4.05. The topological polar surface area (TPSA) is 38.3 Å². The van der Waals surface area contributed by atoms with E-state index in [9.17, 15) is 13.6 Å². The molecule has 0 aliphatic rings. The maximum Gasteiger partial charge on any atom is 0.221 e. The first-order valence-corrected chi connectivity index (χ1v) is 8.62. The van der Waals surface area contributed by atoms with Gasteiger partial charge in [-0.3, -0.25) is 4.79 Å². The molecular weight excluding hydrogens is 344 g/mol. The van der Waals surface area contributed by atoms with E-state index in [-0.39, 0.29) is 24.8 Å². The van der Waals surface area contributed by atoms with E-state index in [0.29, 0.717) is 12.2 Å². The predicted octanol–water partition coefficient (Wildman–Crippen LogP) is 3.65. The maximum atomic E-state index is 13.3. The molecule has 3 nitrogen and oxygen atoms in total. The molecule has 0 aliphatic heterocycles. The average Bonchev–Trinajstić information content (AvgIpc) is 2.60. The van der Waals surface area contributed by atoms with Gasteiger partial charge >= 0.3 is 0 Å². The number of hydrogen-bond acceptors (Lipinski definition) is 3.